The molecular formula is C21H21ClN2OS. The molecule has 0 atom stereocenters. The molecule has 0 aliphatic rings. The van der Waals surface area contributed by atoms with Crippen molar-refractivity contribution in [2.75, 3.05) is 11.9 Å². The number of phenolic OH excluding ortho intramolecular Hbond substituents is 1. The molecule has 134 valence electrons. The van der Waals surface area contributed by atoms with Crippen LogP contribution in [-0.4, -0.2) is 11.7 Å². The van der Waals surface area contributed by atoms with Crippen LogP contribution in [0.15, 0.2) is 54.6 Å². The van der Waals surface area contributed by atoms with Crippen LogP contribution in [0.25, 0.3) is 21.0 Å². The second-order valence-corrected chi connectivity index (χ2v) is 7.32. The lowest BCUT2D eigenvalue weighted by Crippen LogP contribution is -3.00. The molecule has 0 radical (unpaired) electrons. The largest absolute Gasteiger partial charge is 1.00 e. The number of aryl methyl sites for hydroxylation is 2. The van der Waals surface area contributed by atoms with Crippen LogP contribution in [-0.2, 0) is 13.5 Å². The summed E-state index contributed by atoms with van der Waals surface area (Å²) in [6.07, 6.45) is 0.986. The predicted octanol–water partition coefficient (Wildman–Crippen LogP) is 1.55. The minimum atomic E-state index is 0. The van der Waals surface area contributed by atoms with E-state index in [1.807, 2.05) is 31.2 Å². The Bertz CT molecular complexity index is 1060. The molecule has 4 rings (SSSR count). The number of hydrogen-bond donors (Lipinski definition) is 2. The van der Waals surface area contributed by atoms with Gasteiger partial charge in [-0.2, -0.15) is 0 Å². The fraction of sp³-hybridized carbons (Fsp3) is 0.190. The number of hydrogen-bond acceptors (Lipinski definition) is 3. The minimum absolute atomic E-state index is 0. The number of benzene rings is 3. The lowest BCUT2D eigenvalue weighted by Gasteiger charge is -2.05. The number of anilines is 1. The zero-order valence-electron chi connectivity index (χ0n) is 14.8. The Balaban J connectivity index is 0.00000196. The van der Waals surface area contributed by atoms with Crippen molar-refractivity contribution in [3.8, 4) is 5.75 Å². The van der Waals surface area contributed by atoms with E-state index < -0.39 is 0 Å². The SMILES string of the molecule is Cc1c(O)c2ccccc2c2c1sc(NCCc1ccccc1)[n+]2C.[Cl-]. The van der Waals surface area contributed by atoms with Gasteiger partial charge in [-0.05, 0) is 29.9 Å². The first-order valence-electron chi connectivity index (χ1n) is 8.47. The number of phenols is 1. The highest BCUT2D eigenvalue weighted by Crippen LogP contribution is 2.39. The van der Waals surface area contributed by atoms with Gasteiger partial charge in [0.1, 0.15) is 5.75 Å². The summed E-state index contributed by atoms with van der Waals surface area (Å²) >= 11 is 1.71. The Labute approximate surface area is 163 Å². The third-order valence-electron chi connectivity index (χ3n) is 4.72. The maximum absolute atomic E-state index is 10.6. The Morgan fingerprint density at radius 2 is 1.65 bits per heavy atom. The maximum atomic E-state index is 10.6. The lowest BCUT2D eigenvalue weighted by atomic mass is 10.0. The Morgan fingerprint density at radius 1 is 1.00 bits per heavy atom. The number of aromatic hydroxyl groups is 1. The number of aromatic nitrogens is 1. The van der Waals surface area contributed by atoms with Gasteiger partial charge in [0.05, 0.1) is 18.3 Å². The molecule has 1 heterocycles. The number of thiazole rings is 1. The molecule has 1 aromatic heterocycles. The first-order chi connectivity index (χ1) is 12.2. The van der Waals surface area contributed by atoms with E-state index in [9.17, 15) is 5.11 Å². The molecule has 0 spiro atoms. The van der Waals surface area contributed by atoms with E-state index in [4.69, 9.17) is 0 Å². The number of rotatable bonds is 4. The van der Waals surface area contributed by atoms with Crippen LogP contribution < -0.4 is 22.3 Å². The molecule has 0 fully saturated rings. The molecule has 0 saturated heterocycles. The van der Waals surface area contributed by atoms with Crippen molar-refractivity contribution in [2.45, 2.75) is 13.3 Å². The smallest absolute Gasteiger partial charge is 0.334 e. The number of nitrogens with zero attached hydrogens (tertiary/aromatic N) is 1. The van der Waals surface area contributed by atoms with Gasteiger partial charge in [-0.3, -0.25) is 5.32 Å². The van der Waals surface area contributed by atoms with Crippen molar-refractivity contribution in [3.63, 3.8) is 0 Å². The third-order valence-corrected chi connectivity index (χ3v) is 6.03. The van der Waals surface area contributed by atoms with Crippen molar-refractivity contribution >= 4 is 37.5 Å². The quantitative estimate of drug-likeness (QED) is 0.524. The van der Waals surface area contributed by atoms with Crippen LogP contribution in [0.1, 0.15) is 11.1 Å². The number of nitrogens with one attached hydrogen (secondary N) is 1. The van der Waals surface area contributed by atoms with Gasteiger partial charge in [0, 0.05) is 22.8 Å². The van der Waals surface area contributed by atoms with Gasteiger partial charge in [0.2, 0.25) is 0 Å². The van der Waals surface area contributed by atoms with Crippen LogP contribution in [0.5, 0.6) is 5.75 Å². The van der Waals surface area contributed by atoms with E-state index >= 15 is 0 Å². The van der Waals surface area contributed by atoms with Crippen LogP contribution in [0.3, 0.4) is 0 Å². The summed E-state index contributed by atoms with van der Waals surface area (Å²) in [4.78, 5) is 0. The van der Waals surface area contributed by atoms with Gasteiger partial charge < -0.3 is 17.5 Å². The number of fused-ring (bicyclic) bond motifs is 3. The molecule has 26 heavy (non-hydrogen) atoms. The molecule has 0 aliphatic carbocycles. The summed E-state index contributed by atoms with van der Waals surface area (Å²) in [6, 6.07) is 18.6. The summed E-state index contributed by atoms with van der Waals surface area (Å²) in [7, 11) is 2.09. The van der Waals surface area contributed by atoms with Crippen molar-refractivity contribution < 1.29 is 22.1 Å². The highest BCUT2D eigenvalue weighted by Gasteiger charge is 2.21. The van der Waals surface area contributed by atoms with Crippen molar-refractivity contribution in [1.82, 2.24) is 0 Å². The Morgan fingerprint density at radius 3 is 2.38 bits per heavy atom. The Hall–Kier alpha value is -2.30. The topological polar surface area (TPSA) is 36.1 Å². The molecule has 4 aromatic rings. The summed E-state index contributed by atoms with van der Waals surface area (Å²) in [5, 5.41) is 17.2. The molecule has 3 aromatic carbocycles. The first kappa shape index (κ1) is 18.5. The monoisotopic (exact) mass is 384 g/mol. The zero-order chi connectivity index (χ0) is 17.4. The predicted molar refractivity (Wildman–Crippen MR) is 106 cm³/mol. The average molecular weight is 385 g/mol. The molecule has 3 nitrogen and oxygen atoms in total. The van der Waals surface area contributed by atoms with Crippen LogP contribution in [0, 0.1) is 6.92 Å². The third kappa shape index (κ3) is 3.11. The van der Waals surface area contributed by atoms with Crippen molar-refractivity contribution in [3.05, 3.63) is 65.7 Å². The highest BCUT2D eigenvalue weighted by molar-refractivity contribution is 7.22. The van der Waals surface area contributed by atoms with Crippen LogP contribution in [0.4, 0.5) is 5.13 Å². The number of halogens is 1. The Kier molecular flexibility index (Phi) is 5.35. The standard InChI is InChI=1S/C21H20N2OS.ClH/c1-14-19(24)17-11-7-6-10-16(17)18-20(14)25-21(23(18)2)22-13-12-15-8-4-3-5-9-15;/h3-11,24H,12-13H2,1-2H3;1H. The maximum Gasteiger partial charge on any atom is 0.334 e. The molecule has 5 heteroatoms. The van der Waals surface area contributed by atoms with Gasteiger partial charge in [-0.1, -0.05) is 48.5 Å². The van der Waals surface area contributed by atoms with E-state index in [1.165, 1.54) is 11.1 Å². The molecule has 0 saturated carbocycles. The fourth-order valence-corrected chi connectivity index (χ4v) is 4.53. The zero-order valence-corrected chi connectivity index (χ0v) is 16.4. The molecular weight excluding hydrogens is 364 g/mol. The van der Waals surface area contributed by atoms with E-state index in [2.05, 4.69) is 47.3 Å². The first-order valence-corrected chi connectivity index (χ1v) is 9.29. The summed E-state index contributed by atoms with van der Waals surface area (Å²) in [5.41, 5.74) is 3.46. The normalized spacial score (nSPS) is 10.8. The molecule has 2 N–H and O–H groups in total. The van der Waals surface area contributed by atoms with Gasteiger partial charge >= 0.3 is 5.13 Å². The van der Waals surface area contributed by atoms with E-state index in [0.717, 1.165) is 39.1 Å². The summed E-state index contributed by atoms with van der Waals surface area (Å²) in [5.74, 6) is 0.390. The van der Waals surface area contributed by atoms with Gasteiger partial charge in [0.25, 0.3) is 0 Å². The fourth-order valence-electron chi connectivity index (χ4n) is 3.34. The van der Waals surface area contributed by atoms with Crippen molar-refractivity contribution in [2.24, 2.45) is 7.05 Å². The van der Waals surface area contributed by atoms with E-state index in [-0.39, 0.29) is 12.4 Å². The highest BCUT2D eigenvalue weighted by atomic mass is 35.5. The molecule has 0 amide bonds. The second kappa shape index (κ2) is 7.52. The van der Waals surface area contributed by atoms with Crippen LogP contribution in [0.2, 0.25) is 0 Å². The van der Waals surface area contributed by atoms with Crippen LogP contribution >= 0.6 is 11.3 Å². The van der Waals surface area contributed by atoms with Crippen molar-refractivity contribution in [1.29, 1.82) is 0 Å². The average Bonchev–Trinajstić information content (AvgIpc) is 2.98. The van der Waals surface area contributed by atoms with E-state index in [1.54, 1.807) is 11.3 Å². The molecule has 0 bridgehead atoms. The lowest BCUT2D eigenvalue weighted by molar-refractivity contribution is -0.625. The summed E-state index contributed by atoms with van der Waals surface area (Å²) in [6.45, 7) is 2.88. The molecule has 0 unspecified atom stereocenters. The summed E-state index contributed by atoms with van der Waals surface area (Å²) < 4.78 is 3.35. The van der Waals surface area contributed by atoms with Gasteiger partial charge in [-0.25, -0.2) is 4.57 Å². The van der Waals surface area contributed by atoms with E-state index in [0.29, 0.717) is 5.75 Å². The minimum Gasteiger partial charge on any atom is -1.00 e. The van der Waals surface area contributed by atoms with Gasteiger partial charge in [-0.15, -0.1) is 0 Å². The van der Waals surface area contributed by atoms with Gasteiger partial charge in [0.15, 0.2) is 5.52 Å². The second-order valence-electron chi connectivity index (χ2n) is 6.33. The molecule has 0 aliphatic heterocycles.